The largest absolute Gasteiger partial charge is 0.480 e. The average molecular weight is 576 g/mol. The molecule has 12 heteroatoms. The fraction of sp³-hybridized carbons (Fsp3) is 0.433. The Hall–Kier alpha value is -4.61. The lowest BCUT2D eigenvalue weighted by atomic mass is 9.92. The number of pyridine rings is 1. The predicted octanol–water partition coefficient (Wildman–Crippen LogP) is 3.72. The van der Waals surface area contributed by atoms with Gasteiger partial charge in [0.1, 0.15) is 30.1 Å². The highest BCUT2D eigenvalue weighted by Crippen LogP contribution is 2.34. The number of hydrogen-bond acceptors (Lipinski definition) is 10. The predicted molar refractivity (Wildman–Crippen MR) is 158 cm³/mol. The van der Waals surface area contributed by atoms with Crippen LogP contribution in [0.25, 0.3) is 0 Å². The number of carbonyl (C=O) groups is 2. The van der Waals surface area contributed by atoms with Gasteiger partial charge in [0.15, 0.2) is 0 Å². The molecule has 12 nitrogen and oxygen atoms in total. The molecule has 1 unspecified atom stereocenters. The lowest BCUT2D eigenvalue weighted by molar-refractivity contribution is -0.139. The van der Waals surface area contributed by atoms with Crippen LogP contribution >= 0.6 is 0 Å². The zero-order valence-electron chi connectivity index (χ0n) is 23.9. The van der Waals surface area contributed by atoms with Crippen LogP contribution in [0.1, 0.15) is 47.6 Å². The number of nitrogens with zero attached hydrogens (tertiary/aromatic N) is 4. The number of nitrogens with one attached hydrogen (secondary N) is 3. The van der Waals surface area contributed by atoms with Crippen molar-refractivity contribution in [1.29, 1.82) is 0 Å². The van der Waals surface area contributed by atoms with Crippen molar-refractivity contribution in [1.82, 2.24) is 20.3 Å². The van der Waals surface area contributed by atoms with Gasteiger partial charge in [0, 0.05) is 43.4 Å². The lowest BCUT2D eigenvalue weighted by Gasteiger charge is -2.34. The summed E-state index contributed by atoms with van der Waals surface area (Å²) in [6, 6.07) is 12.5. The number of alkyl carbamates (subject to hydrolysis) is 1. The Labute approximate surface area is 244 Å². The van der Waals surface area contributed by atoms with E-state index in [0.29, 0.717) is 11.7 Å². The van der Waals surface area contributed by atoms with Gasteiger partial charge in [-0.25, -0.2) is 14.6 Å². The van der Waals surface area contributed by atoms with E-state index >= 15 is 0 Å². The number of aryl methyl sites for hydroxylation is 1. The van der Waals surface area contributed by atoms with E-state index in [-0.39, 0.29) is 19.2 Å². The van der Waals surface area contributed by atoms with E-state index in [1.54, 1.807) is 0 Å². The number of rotatable bonds is 10. The topological polar surface area (TPSA) is 151 Å². The Kier molecular flexibility index (Phi) is 9.20. The van der Waals surface area contributed by atoms with Crippen LogP contribution in [0.3, 0.4) is 0 Å². The first-order valence-electron chi connectivity index (χ1n) is 14.3. The van der Waals surface area contributed by atoms with E-state index in [4.69, 9.17) is 14.5 Å². The molecule has 0 radical (unpaired) electrons. The molecule has 2 aliphatic heterocycles. The zero-order chi connectivity index (χ0) is 29.5. The highest BCUT2D eigenvalue weighted by molar-refractivity contribution is 5.80. The molecule has 0 saturated carbocycles. The second-order valence-electron chi connectivity index (χ2n) is 10.5. The molecular formula is C30H37N7O5. The summed E-state index contributed by atoms with van der Waals surface area (Å²) in [7, 11) is 1.49. The summed E-state index contributed by atoms with van der Waals surface area (Å²) in [4.78, 5) is 40.3. The highest BCUT2D eigenvalue weighted by atomic mass is 16.5. The molecule has 0 aliphatic carbocycles. The van der Waals surface area contributed by atoms with Gasteiger partial charge in [-0.05, 0) is 49.8 Å². The molecule has 2 aliphatic rings. The highest BCUT2D eigenvalue weighted by Gasteiger charge is 2.27. The summed E-state index contributed by atoms with van der Waals surface area (Å²) in [5.41, 5.74) is 3.97. The molecule has 1 amide bonds. The second kappa shape index (κ2) is 13.4. The number of ether oxygens (including phenoxy) is 2. The minimum Gasteiger partial charge on any atom is -0.480 e. The number of amides is 1. The van der Waals surface area contributed by atoms with Crippen molar-refractivity contribution < 1.29 is 24.2 Å². The van der Waals surface area contributed by atoms with Gasteiger partial charge in [-0.1, -0.05) is 36.4 Å². The van der Waals surface area contributed by atoms with Crippen LogP contribution in [0.2, 0.25) is 0 Å². The lowest BCUT2D eigenvalue weighted by Crippen LogP contribution is -2.45. The van der Waals surface area contributed by atoms with Gasteiger partial charge in [-0.3, -0.25) is 0 Å². The number of carboxylic acid groups (broad SMARTS) is 1. The summed E-state index contributed by atoms with van der Waals surface area (Å²) in [5.74, 6) is 1.34. The van der Waals surface area contributed by atoms with Crippen molar-refractivity contribution in [2.45, 2.75) is 51.2 Å². The van der Waals surface area contributed by atoms with E-state index in [1.165, 1.54) is 12.7 Å². The molecule has 5 rings (SSSR count). The summed E-state index contributed by atoms with van der Waals surface area (Å²) < 4.78 is 10.6. The van der Waals surface area contributed by atoms with Crippen molar-refractivity contribution in [3.05, 3.63) is 64.8 Å². The molecule has 0 spiro atoms. The van der Waals surface area contributed by atoms with E-state index in [1.807, 2.05) is 37.3 Å². The summed E-state index contributed by atoms with van der Waals surface area (Å²) in [6.07, 6.45) is 3.24. The van der Waals surface area contributed by atoms with Crippen LogP contribution in [0.4, 0.5) is 22.2 Å². The molecule has 1 saturated heterocycles. The standard InChI is InChI=1S/C30H37N7O5/c1-19-25(32-17-24(28(38)39)34-30(40)42-18-20-7-4-3-5-8-20)35-29(41-2)36-27(19)37-15-12-21(13-16-37)23-11-10-22-9-6-14-31-26(22)33-23/h3-5,7-8,10-11,21,24H,6,9,12-18H2,1-2H3,(H,31,33)(H,34,40)(H,38,39)(H,32,35,36). The Morgan fingerprint density at radius 1 is 1.12 bits per heavy atom. The molecule has 222 valence electrons. The van der Waals surface area contributed by atoms with Crippen LogP contribution in [0, 0.1) is 6.92 Å². The molecule has 1 aromatic carbocycles. The maximum atomic E-state index is 12.3. The Balaban J connectivity index is 1.21. The van der Waals surface area contributed by atoms with Crippen molar-refractivity contribution in [3.8, 4) is 6.01 Å². The molecule has 42 heavy (non-hydrogen) atoms. The first-order valence-corrected chi connectivity index (χ1v) is 14.3. The van der Waals surface area contributed by atoms with Gasteiger partial charge < -0.3 is 35.4 Å². The maximum Gasteiger partial charge on any atom is 0.408 e. The number of hydrogen-bond donors (Lipinski definition) is 4. The number of aliphatic carboxylic acids is 1. The normalized spacial score (nSPS) is 15.6. The average Bonchev–Trinajstić information content (AvgIpc) is 3.03. The van der Waals surface area contributed by atoms with Gasteiger partial charge >= 0.3 is 18.1 Å². The van der Waals surface area contributed by atoms with Gasteiger partial charge in [-0.2, -0.15) is 9.97 Å². The Bertz CT molecular complexity index is 1400. The first-order chi connectivity index (χ1) is 20.4. The smallest absolute Gasteiger partial charge is 0.408 e. The number of carboxylic acids is 1. The fourth-order valence-electron chi connectivity index (χ4n) is 5.32. The van der Waals surface area contributed by atoms with Crippen LogP contribution in [0.5, 0.6) is 6.01 Å². The number of fused-ring (bicyclic) bond motifs is 1. The summed E-state index contributed by atoms with van der Waals surface area (Å²) in [5, 5.41) is 18.6. The van der Waals surface area contributed by atoms with Crippen molar-refractivity contribution in [3.63, 3.8) is 0 Å². The zero-order valence-corrected chi connectivity index (χ0v) is 23.9. The van der Waals surface area contributed by atoms with Crippen LogP contribution in [-0.4, -0.2) is 71.5 Å². The number of methoxy groups -OCH3 is 1. The third-order valence-corrected chi connectivity index (χ3v) is 7.69. The van der Waals surface area contributed by atoms with Crippen LogP contribution < -0.4 is 25.6 Å². The summed E-state index contributed by atoms with van der Waals surface area (Å²) in [6.45, 7) is 4.34. The number of piperidine rings is 1. The second-order valence-corrected chi connectivity index (χ2v) is 10.5. The SMILES string of the molecule is COc1nc(NCC(NC(=O)OCc2ccccc2)C(=O)O)c(C)c(N2CCC(c3ccc4c(n3)NCCC4)CC2)n1. The summed E-state index contributed by atoms with van der Waals surface area (Å²) >= 11 is 0. The molecule has 4 N–H and O–H groups in total. The minimum atomic E-state index is -1.24. The van der Waals surface area contributed by atoms with Crippen LogP contribution in [-0.2, 0) is 22.6 Å². The monoisotopic (exact) mass is 575 g/mol. The van der Waals surface area contributed by atoms with E-state index in [9.17, 15) is 14.7 Å². The molecular weight excluding hydrogens is 538 g/mol. The molecule has 1 fully saturated rings. The molecule has 4 heterocycles. The Morgan fingerprint density at radius 3 is 2.64 bits per heavy atom. The van der Waals surface area contributed by atoms with E-state index in [0.717, 1.165) is 73.8 Å². The van der Waals surface area contributed by atoms with Crippen molar-refractivity contribution >= 4 is 29.5 Å². The van der Waals surface area contributed by atoms with E-state index in [2.05, 4.69) is 43.0 Å². The van der Waals surface area contributed by atoms with Gasteiger partial charge in [0.05, 0.1) is 7.11 Å². The third kappa shape index (κ3) is 6.99. The quantitative estimate of drug-likeness (QED) is 0.280. The fourth-order valence-corrected chi connectivity index (χ4v) is 5.32. The van der Waals surface area contributed by atoms with Gasteiger partial charge in [0.25, 0.3) is 0 Å². The maximum absolute atomic E-state index is 12.3. The number of carbonyl (C=O) groups excluding carboxylic acids is 1. The first kappa shape index (κ1) is 28.9. The minimum absolute atomic E-state index is 0.0358. The molecule has 2 aromatic heterocycles. The molecule has 0 bridgehead atoms. The van der Waals surface area contributed by atoms with Crippen LogP contribution in [0.15, 0.2) is 42.5 Å². The van der Waals surface area contributed by atoms with Gasteiger partial charge in [0.2, 0.25) is 0 Å². The van der Waals surface area contributed by atoms with E-state index < -0.39 is 18.1 Å². The Morgan fingerprint density at radius 2 is 1.90 bits per heavy atom. The van der Waals surface area contributed by atoms with Crippen molar-refractivity contribution in [2.24, 2.45) is 0 Å². The number of aromatic nitrogens is 3. The van der Waals surface area contributed by atoms with Gasteiger partial charge in [-0.15, -0.1) is 0 Å². The number of anilines is 3. The number of benzene rings is 1. The molecule has 1 atom stereocenters. The van der Waals surface area contributed by atoms with Crippen molar-refractivity contribution in [2.75, 3.05) is 48.8 Å². The third-order valence-electron chi connectivity index (χ3n) is 7.69. The molecule has 3 aromatic rings.